The number of hydrogen-bond acceptors (Lipinski definition) is 4. The molecule has 0 aliphatic rings. The Hall–Kier alpha value is -3.15. The zero-order chi connectivity index (χ0) is 18.9. The Bertz CT molecular complexity index is 853. The lowest BCUT2D eigenvalue weighted by Gasteiger charge is -2.04. The van der Waals surface area contributed by atoms with Gasteiger partial charge in [0.25, 0.3) is 0 Å². The highest BCUT2D eigenvalue weighted by molar-refractivity contribution is 5.71. The first-order chi connectivity index (χ1) is 13.3. The van der Waals surface area contributed by atoms with Crippen molar-refractivity contribution in [3.8, 4) is 0 Å². The fraction of sp³-hybridized carbons (Fsp3) is 0.238. The molecule has 0 unspecified atom stereocenters. The zero-order valence-corrected chi connectivity index (χ0v) is 15.4. The molecule has 0 amide bonds. The van der Waals surface area contributed by atoms with Gasteiger partial charge in [0, 0.05) is 17.9 Å². The summed E-state index contributed by atoms with van der Waals surface area (Å²) in [6.07, 6.45) is 5.95. The van der Waals surface area contributed by atoms with E-state index < -0.39 is 6.67 Å². The highest BCUT2D eigenvalue weighted by Crippen LogP contribution is 2.15. The van der Waals surface area contributed by atoms with Crippen LogP contribution in [0.25, 0.3) is 12.2 Å². The van der Waals surface area contributed by atoms with E-state index in [1.807, 2.05) is 12.1 Å². The van der Waals surface area contributed by atoms with E-state index in [1.54, 1.807) is 6.20 Å². The van der Waals surface area contributed by atoms with Gasteiger partial charge in [0.15, 0.2) is 0 Å². The number of halogens is 1. The van der Waals surface area contributed by atoms with E-state index in [0.29, 0.717) is 6.54 Å². The summed E-state index contributed by atoms with van der Waals surface area (Å²) in [4.78, 5) is 0. The summed E-state index contributed by atoms with van der Waals surface area (Å²) in [6, 6.07) is 16.5. The second-order valence-corrected chi connectivity index (χ2v) is 6.12. The lowest BCUT2D eigenvalue weighted by atomic mass is 10.1. The summed E-state index contributed by atoms with van der Waals surface area (Å²) < 4.78 is 13.8. The quantitative estimate of drug-likeness (QED) is 0.550. The Kier molecular flexibility index (Phi) is 6.57. The molecule has 0 saturated heterocycles. The first-order valence-corrected chi connectivity index (χ1v) is 9.08. The van der Waals surface area contributed by atoms with Crippen LogP contribution in [-0.2, 0) is 13.1 Å². The molecule has 27 heavy (non-hydrogen) atoms. The summed E-state index contributed by atoms with van der Waals surface area (Å²) in [5.41, 5.74) is 5.21. The average molecular weight is 365 g/mol. The Balaban J connectivity index is 1.53. The van der Waals surface area contributed by atoms with Gasteiger partial charge in [0.05, 0.1) is 19.3 Å². The SMILES string of the molecule is CCNc1ccc(C=Cc2ccc(NCc3cn(CCF)nn3)cc2)cc1. The summed E-state index contributed by atoms with van der Waals surface area (Å²) in [5, 5.41) is 14.5. The van der Waals surface area contributed by atoms with Crippen LogP contribution in [0.2, 0.25) is 0 Å². The second kappa shape index (κ2) is 9.52. The topological polar surface area (TPSA) is 54.8 Å². The molecule has 3 rings (SSSR count). The standard InChI is InChI=1S/C21H24FN5/c1-2-23-19-9-5-17(6-10-19)3-4-18-7-11-20(12-8-18)24-15-21-16-27(14-13-22)26-25-21/h3-12,16,23-24H,2,13-15H2,1H3. The van der Waals surface area contributed by atoms with Gasteiger partial charge in [-0.15, -0.1) is 5.10 Å². The molecule has 0 saturated carbocycles. The Morgan fingerprint density at radius 1 is 0.926 bits per heavy atom. The molecule has 2 aromatic carbocycles. The van der Waals surface area contributed by atoms with Crippen molar-refractivity contribution in [3.05, 3.63) is 71.5 Å². The van der Waals surface area contributed by atoms with Crippen molar-refractivity contribution in [2.75, 3.05) is 23.9 Å². The predicted octanol–water partition coefficient (Wildman–Crippen LogP) is 4.46. The third-order valence-corrected chi connectivity index (χ3v) is 4.04. The minimum Gasteiger partial charge on any atom is -0.385 e. The second-order valence-electron chi connectivity index (χ2n) is 6.12. The van der Waals surface area contributed by atoms with Crippen molar-refractivity contribution in [2.24, 2.45) is 0 Å². The Morgan fingerprint density at radius 2 is 1.52 bits per heavy atom. The number of hydrogen-bond donors (Lipinski definition) is 2. The van der Waals surface area contributed by atoms with Crippen LogP contribution < -0.4 is 10.6 Å². The molecule has 0 aliphatic carbocycles. The molecule has 140 valence electrons. The largest absolute Gasteiger partial charge is 0.385 e. The van der Waals surface area contributed by atoms with Gasteiger partial charge in [-0.1, -0.05) is 41.6 Å². The van der Waals surface area contributed by atoms with Gasteiger partial charge in [0.2, 0.25) is 0 Å². The molecule has 0 radical (unpaired) electrons. The maximum atomic E-state index is 12.3. The van der Waals surface area contributed by atoms with Crippen LogP contribution in [-0.4, -0.2) is 28.2 Å². The zero-order valence-electron chi connectivity index (χ0n) is 15.4. The van der Waals surface area contributed by atoms with Gasteiger partial charge in [-0.25, -0.2) is 9.07 Å². The van der Waals surface area contributed by atoms with Gasteiger partial charge in [-0.05, 0) is 42.3 Å². The molecule has 0 spiro atoms. The fourth-order valence-electron chi connectivity index (χ4n) is 2.63. The Labute approximate surface area is 158 Å². The summed E-state index contributed by atoms with van der Waals surface area (Å²) in [6.45, 7) is 3.37. The first-order valence-electron chi connectivity index (χ1n) is 9.08. The number of nitrogens with one attached hydrogen (secondary N) is 2. The molecule has 3 aromatic rings. The van der Waals surface area contributed by atoms with E-state index >= 15 is 0 Å². The van der Waals surface area contributed by atoms with E-state index in [9.17, 15) is 4.39 Å². The smallest absolute Gasteiger partial charge is 0.109 e. The van der Waals surface area contributed by atoms with Crippen LogP contribution >= 0.6 is 0 Å². The number of rotatable bonds is 9. The normalized spacial score (nSPS) is 11.0. The minimum absolute atomic E-state index is 0.242. The van der Waals surface area contributed by atoms with Crippen LogP contribution in [0.4, 0.5) is 15.8 Å². The first kappa shape index (κ1) is 18.6. The number of nitrogens with zero attached hydrogens (tertiary/aromatic N) is 3. The number of aryl methyl sites for hydroxylation is 1. The van der Waals surface area contributed by atoms with E-state index in [2.05, 4.69) is 76.4 Å². The lowest BCUT2D eigenvalue weighted by molar-refractivity contribution is 0.422. The minimum atomic E-state index is -0.440. The van der Waals surface area contributed by atoms with Crippen LogP contribution in [0, 0.1) is 0 Å². The highest BCUT2D eigenvalue weighted by atomic mass is 19.1. The van der Waals surface area contributed by atoms with E-state index in [4.69, 9.17) is 0 Å². The summed E-state index contributed by atoms with van der Waals surface area (Å²) >= 11 is 0. The molecule has 5 nitrogen and oxygen atoms in total. The molecule has 1 heterocycles. The van der Waals surface area contributed by atoms with Gasteiger partial charge in [-0.2, -0.15) is 0 Å². The molecule has 0 fully saturated rings. The van der Waals surface area contributed by atoms with Crippen LogP contribution in [0.5, 0.6) is 0 Å². The number of alkyl halides is 1. The molecular formula is C21H24FN5. The molecule has 6 heteroatoms. The van der Waals surface area contributed by atoms with Crippen molar-refractivity contribution in [1.29, 1.82) is 0 Å². The van der Waals surface area contributed by atoms with Crippen molar-refractivity contribution >= 4 is 23.5 Å². The van der Waals surface area contributed by atoms with Crippen LogP contribution in [0.3, 0.4) is 0 Å². The van der Waals surface area contributed by atoms with Gasteiger partial charge in [0.1, 0.15) is 12.4 Å². The molecule has 0 bridgehead atoms. The predicted molar refractivity (Wildman–Crippen MR) is 109 cm³/mol. The van der Waals surface area contributed by atoms with Gasteiger partial charge < -0.3 is 10.6 Å². The van der Waals surface area contributed by atoms with E-state index in [1.165, 1.54) is 4.68 Å². The maximum absolute atomic E-state index is 12.3. The highest BCUT2D eigenvalue weighted by Gasteiger charge is 2.00. The number of aromatic nitrogens is 3. The third-order valence-electron chi connectivity index (χ3n) is 4.04. The van der Waals surface area contributed by atoms with E-state index in [-0.39, 0.29) is 6.54 Å². The molecule has 2 N–H and O–H groups in total. The summed E-state index contributed by atoms with van der Waals surface area (Å²) in [7, 11) is 0. The molecular weight excluding hydrogens is 341 g/mol. The van der Waals surface area contributed by atoms with Crippen molar-refractivity contribution in [2.45, 2.75) is 20.0 Å². The molecule has 0 aliphatic heterocycles. The van der Waals surface area contributed by atoms with Crippen molar-refractivity contribution in [3.63, 3.8) is 0 Å². The molecule has 0 atom stereocenters. The number of anilines is 2. The van der Waals surface area contributed by atoms with Gasteiger partial charge >= 0.3 is 0 Å². The van der Waals surface area contributed by atoms with Crippen molar-refractivity contribution < 1.29 is 4.39 Å². The van der Waals surface area contributed by atoms with Crippen LogP contribution in [0.15, 0.2) is 54.7 Å². The third kappa shape index (κ3) is 5.67. The summed E-state index contributed by atoms with van der Waals surface area (Å²) in [5.74, 6) is 0. The number of benzene rings is 2. The monoisotopic (exact) mass is 365 g/mol. The lowest BCUT2D eigenvalue weighted by Crippen LogP contribution is -2.00. The van der Waals surface area contributed by atoms with E-state index in [0.717, 1.165) is 34.7 Å². The van der Waals surface area contributed by atoms with Crippen molar-refractivity contribution in [1.82, 2.24) is 15.0 Å². The van der Waals surface area contributed by atoms with Gasteiger partial charge in [-0.3, -0.25) is 0 Å². The van der Waals surface area contributed by atoms with Crippen LogP contribution in [0.1, 0.15) is 23.7 Å². The Morgan fingerprint density at radius 3 is 2.07 bits per heavy atom. The average Bonchev–Trinajstić information content (AvgIpc) is 3.15. The maximum Gasteiger partial charge on any atom is 0.109 e. The molecule has 1 aromatic heterocycles. The fourth-order valence-corrected chi connectivity index (χ4v) is 2.63.